The van der Waals surface area contributed by atoms with Crippen molar-refractivity contribution in [2.75, 3.05) is 22.9 Å². The molecule has 2 heterocycles. The summed E-state index contributed by atoms with van der Waals surface area (Å²) < 4.78 is 0. The first-order valence-electron chi connectivity index (χ1n) is 8.92. The number of anilines is 2. The molecule has 0 spiro atoms. The predicted molar refractivity (Wildman–Crippen MR) is 113 cm³/mol. The predicted octanol–water partition coefficient (Wildman–Crippen LogP) is 5.49. The maximum Gasteiger partial charge on any atom is 0.298 e. The number of nitrogens with zero attached hydrogens (tertiary/aromatic N) is 2. The number of hydrogen-bond acceptors (Lipinski definition) is 4. The first-order chi connectivity index (χ1) is 13.0. The molecule has 0 aromatic heterocycles. The van der Waals surface area contributed by atoms with Crippen LogP contribution in [0.5, 0.6) is 0 Å². The summed E-state index contributed by atoms with van der Waals surface area (Å²) in [6.07, 6.45) is 4.26. The Hall–Kier alpha value is -2.24. The number of thioether (sulfide) groups is 1. The van der Waals surface area contributed by atoms with Crippen LogP contribution in [-0.4, -0.2) is 24.2 Å². The Bertz CT molecular complexity index is 934. The zero-order valence-electron chi connectivity index (χ0n) is 14.9. The van der Waals surface area contributed by atoms with Gasteiger partial charge in [0.25, 0.3) is 11.1 Å². The van der Waals surface area contributed by atoms with E-state index in [1.54, 1.807) is 30.3 Å². The molecule has 6 heteroatoms. The highest BCUT2D eigenvalue weighted by molar-refractivity contribution is 8.19. The molecule has 2 fully saturated rings. The van der Waals surface area contributed by atoms with E-state index >= 15 is 0 Å². The number of carbonyl (C=O) groups excluding carboxylic acids is 2. The Balaban J connectivity index is 1.59. The van der Waals surface area contributed by atoms with E-state index in [0.717, 1.165) is 30.4 Å². The van der Waals surface area contributed by atoms with Crippen LogP contribution in [-0.2, 0) is 4.79 Å². The number of hydrogen-bond donors (Lipinski definition) is 0. The van der Waals surface area contributed by atoms with Crippen molar-refractivity contribution in [1.29, 1.82) is 0 Å². The van der Waals surface area contributed by atoms with E-state index in [1.165, 1.54) is 29.0 Å². The van der Waals surface area contributed by atoms with Crippen molar-refractivity contribution in [3.8, 4) is 0 Å². The Morgan fingerprint density at radius 3 is 2.41 bits per heavy atom. The SMILES string of the molecule is Cc1cc(/C=C2\SC(=O)N(c3ccc(Cl)cc3)C2=O)ccc1N1CCCC1. The van der Waals surface area contributed by atoms with Crippen molar-refractivity contribution in [2.45, 2.75) is 19.8 Å². The van der Waals surface area contributed by atoms with E-state index in [1.807, 2.05) is 6.07 Å². The molecule has 2 aromatic rings. The largest absolute Gasteiger partial charge is 0.371 e. The topological polar surface area (TPSA) is 40.6 Å². The lowest BCUT2D eigenvalue weighted by molar-refractivity contribution is -0.113. The fourth-order valence-electron chi connectivity index (χ4n) is 3.51. The molecule has 2 amide bonds. The van der Waals surface area contributed by atoms with Crippen LogP contribution < -0.4 is 9.80 Å². The summed E-state index contributed by atoms with van der Waals surface area (Å²) >= 11 is 6.86. The van der Waals surface area contributed by atoms with Gasteiger partial charge in [-0.1, -0.05) is 17.7 Å². The summed E-state index contributed by atoms with van der Waals surface area (Å²) in [5.41, 5.74) is 3.89. The van der Waals surface area contributed by atoms with Crippen LogP contribution in [0.1, 0.15) is 24.0 Å². The van der Waals surface area contributed by atoms with Gasteiger partial charge in [-0.15, -0.1) is 0 Å². The number of imide groups is 1. The fourth-order valence-corrected chi connectivity index (χ4v) is 4.48. The van der Waals surface area contributed by atoms with Crippen molar-refractivity contribution in [3.05, 3.63) is 63.5 Å². The number of rotatable bonds is 3. The molecule has 4 nitrogen and oxygen atoms in total. The average molecular weight is 399 g/mol. The molecule has 0 radical (unpaired) electrons. The van der Waals surface area contributed by atoms with Gasteiger partial charge in [-0.2, -0.15) is 0 Å². The molecule has 0 aliphatic carbocycles. The molecule has 2 aliphatic rings. The van der Waals surface area contributed by atoms with Gasteiger partial charge in [0.15, 0.2) is 0 Å². The molecule has 138 valence electrons. The second kappa shape index (κ2) is 7.41. The summed E-state index contributed by atoms with van der Waals surface area (Å²) in [4.78, 5) is 29.1. The van der Waals surface area contributed by atoms with Crippen LogP contribution in [0.25, 0.3) is 6.08 Å². The number of aryl methyl sites for hydroxylation is 1. The molecule has 2 saturated heterocycles. The zero-order valence-corrected chi connectivity index (χ0v) is 16.5. The first kappa shape index (κ1) is 18.1. The summed E-state index contributed by atoms with van der Waals surface area (Å²) in [6, 6.07) is 12.9. The molecular formula is C21H19ClN2O2S. The van der Waals surface area contributed by atoms with Gasteiger partial charge in [0.05, 0.1) is 10.6 Å². The molecule has 2 aliphatic heterocycles. The lowest BCUT2D eigenvalue weighted by Gasteiger charge is -2.20. The molecule has 27 heavy (non-hydrogen) atoms. The monoisotopic (exact) mass is 398 g/mol. The van der Waals surface area contributed by atoms with Crippen molar-refractivity contribution in [3.63, 3.8) is 0 Å². The Kier molecular flexibility index (Phi) is 4.98. The summed E-state index contributed by atoms with van der Waals surface area (Å²) in [6.45, 7) is 4.28. The lowest BCUT2D eigenvalue weighted by atomic mass is 10.1. The summed E-state index contributed by atoms with van der Waals surface area (Å²) in [7, 11) is 0. The zero-order chi connectivity index (χ0) is 19.0. The van der Waals surface area contributed by atoms with E-state index in [4.69, 9.17) is 11.6 Å². The first-order valence-corrected chi connectivity index (χ1v) is 10.1. The van der Waals surface area contributed by atoms with Gasteiger partial charge in [-0.3, -0.25) is 9.59 Å². The summed E-state index contributed by atoms with van der Waals surface area (Å²) in [5, 5.41) is 0.272. The van der Waals surface area contributed by atoms with E-state index in [9.17, 15) is 9.59 Å². The van der Waals surface area contributed by atoms with Gasteiger partial charge in [-0.05, 0) is 85.1 Å². The van der Waals surface area contributed by atoms with Crippen LogP contribution in [0.3, 0.4) is 0 Å². The van der Waals surface area contributed by atoms with Crippen LogP contribution in [0, 0.1) is 6.92 Å². The van der Waals surface area contributed by atoms with Crippen LogP contribution in [0.4, 0.5) is 16.2 Å². The molecule has 2 aromatic carbocycles. The second-order valence-electron chi connectivity index (χ2n) is 6.73. The average Bonchev–Trinajstić information content (AvgIpc) is 3.25. The van der Waals surface area contributed by atoms with E-state index in [0.29, 0.717) is 15.6 Å². The standard InChI is InChI=1S/C21H19ClN2O2S/c1-14-12-15(4-9-18(14)23-10-2-3-11-23)13-19-20(25)24(21(26)27-19)17-7-5-16(22)6-8-17/h4-9,12-13H,2-3,10-11H2,1H3/b19-13-. The normalized spacial score (nSPS) is 18.8. The van der Waals surface area contributed by atoms with Crippen LogP contribution >= 0.6 is 23.4 Å². The highest BCUT2D eigenvalue weighted by atomic mass is 35.5. The number of benzene rings is 2. The van der Waals surface area contributed by atoms with Crippen molar-refractivity contribution >= 4 is 52.0 Å². The Morgan fingerprint density at radius 2 is 1.74 bits per heavy atom. The Morgan fingerprint density at radius 1 is 1.04 bits per heavy atom. The van der Waals surface area contributed by atoms with Crippen LogP contribution in [0.2, 0.25) is 5.02 Å². The molecule has 0 atom stereocenters. The van der Waals surface area contributed by atoms with Crippen LogP contribution in [0.15, 0.2) is 47.4 Å². The molecule has 4 rings (SSSR count). The van der Waals surface area contributed by atoms with Gasteiger partial charge < -0.3 is 4.90 Å². The number of carbonyl (C=O) groups is 2. The third kappa shape index (κ3) is 3.62. The van der Waals surface area contributed by atoms with E-state index in [-0.39, 0.29) is 11.1 Å². The van der Waals surface area contributed by atoms with E-state index in [2.05, 4.69) is 24.0 Å². The van der Waals surface area contributed by atoms with Crippen molar-refractivity contribution in [1.82, 2.24) is 0 Å². The van der Waals surface area contributed by atoms with Crippen molar-refractivity contribution < 1.29 is 9.59 Å². The minimum absolute atomic E-state index is 0.293. The van der Waals surface area contributed by atoms with Gasteiger partial charge in [0.2, 0.25) is 0 Å². The van der Waals surface area contributed by atoms with Gasteiger partial charge in [-0.25, -0.2) is 4.90 Å². The Labute approximate surface area is 167 Å². The maximum absolute atomic E-state index is 12.7. The highest BCUT2D eigenvalue weighted by Gasteiger charge is 2.36. The third-order valence-corrected chi connectivity index (χ3v) is 5.97. The quantitative estimate of drug-likeness (QED) is 0.641. The molecule has 0 saturated carbocycles. The van der Waals surface area contributed by atoms with E-state index < -0.39 is 0 Å². The second-order valence-corrected chi connectivity index (χ2v) is 8.16. The van der Waals surface area contributed by atoms with Gasteiger partial charge in [0, 0.05) is 23.8 Å². The van der Waals surface area contributed by atoms with Gasteiger partial charge >= 0.3 is 0 Å². The number of amides is 2. The lowest BCUT2D eigenvalue weighted by Crippen LogP contribution is -2.27. The van der Waals surface area contributed by atoms with Crippen molar-refractivity contribution in [2.24, 2.45) is 0 Å². The molecule has 0 bridgehead atoms. The summed E-state index contributed by atoms with van der Waals surface area (Å²) in [5.74, 6) is -0.298. The number of halogens is 1. The fraction of sp³-hybridized carbons (Fsp3) is 0.238. The molecule has 0 N–H and O–H groups in total. The highest BCUT2D eigenvalue weighted by Crippen LogP contribution is 2.36. The molecular weight excluding hydrogens is 380 g/mol. The third-order valence-electron chi connectivity index (χ3n) is 4.84. The minimum atomic E-state index is -0.298. The smallest absolute Gasteiger partial charge is 0.298 e. The molecule has 0 unspecified atom stereocenters. The van der Waals surface area contributed by atoms with Gasteiger partial charge in [0.1, 0.15) is 0 Å². The maximum atomic E-state index is 12.7. The minimum Gasteiger partial charge on any atom is -0.371 e.